The molecule has 1 atom stereocenters. The summed E-state index contributed by atoms with van der Waals surface area (Å²) in [6.07, 6.45) is 66.1. The molecule has 0 fully saturated rings. The summed E-state index contributed by atoms with van der Waals surface area (Å²) in [7, 11) is 0. The van der Waals surface area contributed by atoms with Crippen molar-refractivity contribution in [3.8, 4) is 0 Å². The van der Waals surface area contributed by atoms with Crippen LogP contribution in [0.15, 0.2) is 85.1 Å². The zero-order chi connectivity index (χ0) is 43.5. The molecule has 0 radical (unpaired) electrons. The van der Waals surface area contributed by atoms with Gasteiger partial charge in [-0.05, 0) is 96.3 Å². The highest BCUT2D eigenvalue weighted by Gasteiger charge is 2.17. The van der Waals surface area contributed by atoms with E-state index in [4.69, 9.17) is 14.2 Å². The maximum Gasteiger partial charge on any atom is 0.309 e. The second-order valence-corrected chi connectivity index (χ2v) is 16.3. The Morgan fingerprint density at radius 1 is 0.400 bits per heavy atom. The third-order valence-electron chi connectivity index (χ3n) is 10.4. The number of rotatable bonds is 45. The lowest BCUT2D eigenvalue weighted by atomic mass is 10.1. The standard InChI is InChI=1S/C55H94O5/c1-4-7-10-13-16-19-22-25-27-29-32-35-38-41-44-47-50-58-51-53(60-55(57)49-46-43-40-37-34-30-24-21-18-15-12-9-6-3)52-59-54(56)48-45-42-39-36-33-31-28-26-23-20-17-14-11-8-5-2/h8,11,17,20-21,24-28,33,36,42,45,53H,4-7,9-10,12-16,18-19,22-23,29-32,34-35,37-41,43-44,46-52H2,1-3H3/b11-8-,20-17-,24-21-,27-25-,28-26-,36-33-,45-42-. The Hall–Kier alpha value is -2.92. The molecule has 0 rings (SSSR count). The van der Waals surface area contributed by atoms with Crippen LogP contribution in [0.4, 0.5) is 0 Å². The number of carbonyl (C=O) groups is 2. The van der Waals surface area contributed by atoms with Crippen molar-refractivity contribution in [1.82, 2.24) is 0 Å². The summed E-state index contributed by atoms with van der Waals surface area (Å²) in [6, 6.07) is 0. The van der Waals surface area contributed by atoms with Gasteiger partial charge in [-0.25, -0.2) is 0 Å². The van der Waals surface area contributed by atoms with Crippen LogP contribution in [0, 0.1) is 0 Å². The summed E-state index contributed by atoms with van der Waals surface area (Å²) in [5.74, 6) is -0.558. The van der Waals surface area contributed by atoms with Crippen molar-refractivity contribution >= 4 is 11.9 Å². The molecule has 0 bridgehead atoms. The SMILES string of the molecule is CC/C=C\C/C=C\C/C=C\C/C=C\C/C=C\CC(=O)OCC(COCCCCCCCC/C=C\CCCCCCCC)OC(=O)CCCCCCC/C=C\CCCCCC. The Kier molecular flexibility index (Phi) is 48.0. The molecule has 1 unspecified atom stereocenters. The van der Waals surface area contributed by atoms with Gasteiger partial charge in [-0.1, -0.05) is 202 Å². The molecule has 0 amide bonds. The molecule has 0 saturated heterocycles. The third kappa shape index (κ3) is 47.8. The summed E-state index contributed by atoms with van der Waals surface area (Å²) in [6.45, 7) is 7.57. The van der Waals surface area contributed by atoms with Crippen molar-refractivity contribution in [2.24, 2.45) is 0 Å². The van der Waals surface area contributed by atoms with Gasteiger partial charge < -0.3 is 14.2 Å². The first-order chi connectivity index (χ1) is 29.6. The number of unbranched alkanes of at least 4 members (excludes halogenated alkanes) is 21. The van der Waals surface area contributed by atoms with Gasteiger partial charge in [-0.15, -0.1) is 0 Å². The second-order valence-electron chi connectivity index (χ2n) is 16.3. The highest BCUT2D eigenvalue weighted by Crippen LogP contribution is 2.13. The number of allylic oxidation sites excluding steroid dienone is 13. The van der Waals surface area contributed by atoms with E-state index in [0.717, 1.165) is 70.6 Å². The van der Waals surface area contributed by atoms with Gasteiger partial charge in [0.25, 0.3) is 0 Å². The molecule has 5 heteroatoms. The molecule has 0 aliphatic rings. The number of hydrogen-bond acceptors (Lipinski definition) is 5. The summed E-state index contributed by atoms with van der Waals surface area (Å²) in [5, 5.41) is 0. The average Bonchev–Trinajstić information content (AvgIpc) is 3.25. The van der Waals surface area contributed by atoms with E-state index < -0.39 is 6.10 Å². The molecule has 60 heavy (non-hydrogen) atoms. The Morgan fingerprint density at radius 3 is 1.28 bits per heavy atom. The number of ether oxygens (including phenoxy) is 3. The minimum atomic E-state index is -0.585. The van der Waals surface area contributed by atoms with E-state index in [1.165, 1.54) is 122 Å². The van der Waals surface area contributed by atoms with Gasteiger partial charge >= 0.3 is 11.9 Å². The van der Waals surface area contributed by atoms with Crippen LogP contribution in [0.3, 0.4) is 0 Å². The Bertz CT molecular complexity index is 1130. The highest BCUT2D eigenvalue weighted by atomic mass is 16.6. The fourth-order valence-electron chi connectivity index (χ4n) is 6.69. The monoisotopic (exact) mass is 835 g/mol. The smallest absolute Gasteiger partial charge is 0.309 e. The number of hydrogen-bond donors (Lipinski definition) is 0. The quantitative estimate of drug-likeness (QED) is 0.0347. The zero-order valence-electron chi connectivity index (χ0n) is 39.5. The molecule has 0 aromatic carbocycles. The van der Waals surface area contributed by atoms with Crippen molar-refractivity contribution in [3.63, 3.8) is 0 Å². The molecule has 0 heterocycles. The Balaban J connectivity index is 4.41. The topological polar surface area (TPSA) is 61.8 Å². The van der Waals surface area contributed by atoms with Crippen molar-refractivity contribution in [2.45, 2.75) is 232 Å². The fourth-order valence-corrected chi connectivity index (χ4v) is 6.69. The first-order valence-corrected chi connectivity index (χ1v) is 25.1. The summed E-state index contributed by atoms with van der Waals surface area (Å²) in [4.78, 5) is 25.3. The van der Waals surface area contributed by atoms with E-state index in [0.29, 0.717) is 13.0 Å². The lowest BCUT2D eigenvalue weighted by Gasteiger charge is -2.18. The van der Waals surface area contributed by atoms with Crippen LogP contribution in [0.25, 0.3) is 0 Å². The third-order valence-corrected chi connectivity index (χ3v) is 10.4. The zero-order valence-corrected chi connectivity index (χ0v) is 39.5. The van der Waals surface area contributed by atoms with Gasteiger partial charge in [-0.3, -0.25) is 9.59 Å². The molecule has 0 spiro atoms. The Morgan fingerprint density at radius 2 is 0.800 bits per heavy atom. The molecule has 0 aliphatic carbocycles. The van der Waals surface area contributed by atoms with Crippen LogP contribution >= 0.6 is 0 Å². The Labute approximate surface area is 371 Å². The number of esters is 2. The van der Waals surface area contributed by atoms with Gasteiger partial charge in [-0.2, -0.15) is 0 Å². The summed E-state index contributed by atoms with van der Waals surface area (Å²) >= 11 is 0. The highest BCUT2D eigenvalue weighted by molar-refractivity contribution is 5.71. The molecule has 0 aromatic rings. The van der Waals surface area contributed by atoms with E-state index in [-0.39, 0.29) is 31.6 Å². The van der Waals surface area contributed by atoms with Crippen molar-refractivity contribution in [2.75, 3.05) is 19.8 Å². The number of carbonyl (C=O) groups excluding carboxylic acids is 2. The summed E-state index contributed by atoms with van der Waals surface area (Å²) < 4.78 is 17.3. The summed E-state index contributed by atoms with van der Waals surface area (Å²) in [5.41, 5.74) is 0. The molecule has 0 aliphatic heterocycles. The van der Waals surface area contributed by atoms with Gasteiger partial charge in [0.15, 0.2) is 6.10 Å². The van der Waals surface area contributed by atoms with E-state index >= 15 is 0 Å². The van der Waals surface area contributed by atoms with E-state index in [9.17, 15) is 9.59 Å². The van der Waals surface area contributed by atoms with Gasteiger partial charge in [0.05, 0.1) is 13.0 Å². The largest absolute Gasteiger partial charge is 0.461 e. The minimum Gasteiger partial charge on any atom is -0.461 e. The van der Waals surface area contributed by atoms with E-state index in [1.807, 2.05) is 12.2 Å². The lowest BCUT2D eigenvalue weighted by molar-refractivity contribution is -0.162. The van der Waals surface area contributed by atoms with Crippen molar-refractivity contribution in [3.05, 3.63) is 85.1 Å². The first-order valence-electron chi connectivity index (χ1n) is 25.1. The first kappa shape index (κ1) is 57.1. The van der Waals surface area contributed by atoms with Gasteiger partial charge in [0.1, 0.15) is 6.61 Å². The maximum atomic E-state index is 12.8. The molecule has 344 valence electrons. The average molecular weight is 835 g/mol. The molecular weight excluding hydrogens is 741 g/mol. The predicted octanol–water partition coefficient (Wildman–Crippen LogP) is 16.9. The molecule has 5 nitrogen and oxygen atoms in total. The van der Waals surface area contributed by atoms with Crippen LogP contribution in [0.5, 0.6) is 0 Å². The van der Waals surface area contributed by atoms with Crippen LogP contribution < -0.4 is 0 Å². The second kappa shape index (κ2) is 50.4. The predicted molar refractivity (Wildman–Crippen MR) is 260 cm³/mol. The molecule has 0 aromatic heterocycles. The fraction of sp³-hybridized carbons (Fsp3) is 0.709. The van der Waals surface area contributed by atoms with E-state index in [1.54, 1.807) is 0 Å². The van der Waals surface area contributed by atoms with Gasteiger partial charge in [0.2, 0.25) is 0 Å². The molecular formula is C55H94O5. The lowest BCUT2D eigenvalue weighted by Crippen LogP contribution is -2.30. The van der Waals surface area contributed by atoms with Crippen LogP contribution in [0.2, 0.25) is 0 Å². The van der Waals surface area contributed by atoms with Crippen molar-refractivity contribution in [1.29, 1.82) is 0 Å². The maximum absolute atomic E-state index is 12.8. The molecule has 0 N–H and O–H groups in total. The van der Waals surface area contributed by atoms with Crippen LogP contribution in [-0.4, -0.2) is 37.9 Å². The van der Waals surface area contributed by atoms with E-state index in [2.05, 4.69) is 93.7 Å². The van der Waals surface area contributed by atoms with Crippen molar-refractivity contribution < 1.29 is 23.8 Å². The van der Waals surface area contributed by atoms with Gasteiger partial charge in [0, 0.05) is 13.0 Å². The minimum absolute atomic E-state index is 0.0226. The normalized spacial score (nSPS) is 12.9. The van der Waals surface area contributed by atoms with Crippen LogP contribution in [0.1, 0.15) is 226 Å². The molecule has 0 saturated carbocycles. The van der Waals surface area contributed by atoms with Crippen LogP contribution in [-0.2, 0) is 23.8 Å².